The summed E-state index contributed by atoms with van der Waals surface area (Å²) in [5.41, 5.74) is 0. The standard InChI is InChI=1S/C13H24O6/c1-4-11(16-3)10-19-13(15)7-6-12(14)18-9-8-17-5-2/h11H,4-10H2,1-3H3. The van der Waals surface area contributed by atoms with Gasteiger partial charge in [0.15, 0.2) is 0 Å². The second-order valence-corrected chi connectivity index (χ2v) is 3.87. The Labute approximate surface area is 114 Å². The fraction of sp³-hybridized carbons (Fsp3) is 0.846. The van der Waals surface area contributed by atoms with E-state index >= 15 is 0 Å². The van der Waals surface area contributed by atoms with Crippen molar-refractivity contribution in [2.75, 3.05) is 33.5 Å². The summed E-state index contributed by atoms with van der Waals surface area (Å²) in [6.45, 7) is 5.19. The number of carbonyl (C=O) groups excluding carboxylic acids is 2. The molecule has 0 amide bonds. The third-order valence-electron chi connectivity index (χ3n) is 2.45. The van der Waals surface area contributed by atoms with Crippen molar-refractivity contribution in [2.45, 2.75) is 39.2 Å². The molecule has 0 spiro atoms. The van der Waals surface area contributed by atoms with Crippen molar-refractivity contribution in [3.05, 3.63) is 0 Å². The first-order valence-electron chi connectivity index (χ1n) is 6.55. The van der Waals surface area contributed by atoms with Crippen molar-refractivity contribution in [1.82, 2.24) is 0 Å². The predicted molar refractivity (Wildman–Crippen MR) is 68.7 cm³/mol. The van der Waals surface area contributed by atoms with Crippen LogP contribution in [0.5, 0.6) is 0 Å². The van der Waals surface area contributed by atoms with Crippen LogP contribution >= 0.6 is 0 Å². The first-order valence-corrected chi connectivity index (χ1v) is 6.55. The van der Waals surface area contributed by atoms with Crippen molar-refractivity contribution >= 4 is 11.9 Å². The van der Waals surface area contributed by atoms with Crippen LogP contribution in [0.15, 0.2) is 0 Å². The predicted octanol–water partition coefficient (Wildman–Crippen LogP) is 1.31. The van der Waals surface area contributed by atoms with E-state index in [4.69, 9.17) is 18.9 Å². The van der Waals surface area contributed by atoms with Crippen LogP contribution in [-0.4, -0.2) is 51.6 Å². The van der Waals surface area contributed by atoms with Gasteiger partial charge in [0.25, 0.3) is 0 Å². The van der Waals surface area contributed by atoms with Gasteiger partial charge in [-0.25, -0.2) is 0 Å². The Balaban J connectivity index is 3.58. The molecule has 6 heteroatoms. The van der Waals surface area contributed by atoms with Gasteiger partial charge in [-0.1, -0.05) is 6.92 Å². The number of esters is 2. The molecule has 19 heavy (non-hydrogen) atoms. The summed E-state index contributed by atoms with van der Waals surface area (Å²) in [5, 5.41) is 0. The molecule has 0 aromatic heterocycles. The van der Waals surface area contributed by atoms with Crippen molar-refractivity contribution in [1.29, 1.82) is 0 Å². The first-order chi connectivity index (χ1) is 9.13. The largest absolute Gasteiger partial charge is 0.463 e. The lowest BCUT2D eigenvalue weighted by Gasteiger charge is -2.12. The summed E-state index contributed by atoms with van der Waals surface area (Å²) in [6, 6.07) is 0. The van der Waals surface area contributed by atoms with Crippen LogP contribution in [0.2, 0.25) is 0 Å². The third-order valence-corrected chi connectivity index (χ3v) is 2.45. The lowest BCUT2D eigenvalue weighted by Crippen LogP contribution is -2.20. The second-order valence-electron chi connectivity index (χ2n) is 3.87. The molecule has 0 fully saturated rings. The van der Waals surface area contributed by atoms with Gasteiger partial charge >= 0.3 is 11.9 Å². The Morgan fingerprint density at radius 2 is 1.63 bits per heavy atom. The number of methoxy groups -OCH3 is 1. The van der Waals surface area contributed by atoms with E-state index in [1.165, 1.54) is 0 Å². The average molecular weight is 276 g/mol. The van der Waals surface area contributed by atoms with Crippen LogP contribution in [0.25, 0.3) is 0 Å². The minimum atomic E-state index is -0.421. The van der Waals surface area contributed by atoms with Crippen molar-refractivity contribution < 1.29 is 28.5 Å². The number of carbonyl (C=O) groups is 2. The molecule has 1 atom stereocenters. The van der Waals surface area contributed by atoms with E-state index in [9.17, 15) is 9.59 Å². The minimum Gasteiger partial charge on any atom is -0.463 e. The van der Waals surface area contributed by atoms with E-state index in [0.717, 1.165) is 6.42 Å². The SMILES string of the molecule is CCOCCOC(=O)CCC(=O)OCC(CC)OC. The van der Waals surface area contributed by atoms with Crippen LogP contribution in [0.3, 0.4) is 0 Å². The first kappa shape index (κ1) is 17.9. The molecule has 0 aliphatic carbocycles. The molecule has 112 valence electrons. The minimum absolute atomic E-state index is 0.0214. The highest BCUT2D eigenvalue weighted by Gasteiger charge is 2.11. The molecule has 1 unspecified atom stereocenters. The number of hydrogen-bond acceptors (Lipinski definition) is 6. The zero-order valence-corrected chi connectivity index (χ0v) is 12.0. The van der Waals surface area contributed by atoms with Crippen molar-refractivity contribution in [3.63, 3.8) is 0 Å². The molecule has 0 bridgehead atoms. The Hall–Kier alpha value is -1.14. The maximum absolute atomic E-state index is 11.3. The lowest BCUT2D eigenvalue weighted by molar-refractivity contribution is -0.153. The molecular weight excluding hydrogens is 252 g/mol. The monoisotopic (exact) mass is 276 g/mol. The van der Waals surface area contributed by atoms with Crippen molar-refractivity contribution in [3.8, 4) is 0 Å². The number of hydrogen-bond donors (Lipinski definition) is 0. The number of ether oxygens (including phenoxy) is 4. The van der Waals surface area contributed by atoms with Crippen LogP contribution in [0, 0.1) is 0 Å². The molecule has 0 aliphatic heterocycles. The van der Waals surface area contributed by atoms with Gasteiger partial charge < -0.3 is 18.9 Å². The Morgan fingerprint density at radius 3 is 2.16 bits per heavy atom. The van der Waals surface area contributed by atoms with Gasteiger partial charge in [-0.05, 0) is 13.3 Å². The van der Waals surface area contributed by atoms with Gasteiger partial charge in [0, 0.05) is 13.7 Å². The van der Waals surface area contributed by atoms with Gasteiger partial charge in [0.05, 0.1) is 25.6 Å². The van der Waals surface area contributed by atoms with Gasteiger partial charge in [-0.3, -0.25) is 9.59 Å². The summed E-state index contributed by atoms with van der Waals surface area (Å²) in [5.74, 6) is -0.840. The normalized spacial score (nSPS) is 11.9. The molecule has 0 heterocycles. The van der Waals surface area contributed by atoms with Crippen LogP contribution < -0.4 is 0 Å². The van der Waals surface area contributed by atoms with Crippen LogP contribution in [0.1, 0.15) is 33.1 Å². The molecule has 0 N–H and O–H groups in total. The molecular formula is C13H24O6. The molecule has 0 radical (unpaired) electrons. The molecule has 0 saturated heterocycles. The van der Waals surface area contributed by atoms with Gasteiger partial charge in [-0.15, -0.1) is 0 Å². The Morgan fingerprint density at radius 1 is 1.00 bits per heavy atom. The van der Waals surface area contributed by atoms with E-state index in [1.807, 2.05) is 13.8 Å². The molecule has 0 aromatic carbocycles. The van der Waals surface area contributed by atoms with Crippen molar-refractivity contribution in [2.24, 2.45) is 0 Å². The highest BCUT2D eigenvalue weighted by molar-refractivity contribution is 5.77. The average Bonchev–Trinajstić information content (AvgIpc) is 2.42. The zero-order valence-electron chi connectivity index (χ0n) is 12.0. The highest BCUT2D eigenvalue weighted by Crippen LogP contribution is 2.00. The molecule has 0 rings (SSSR count). The van der Waals surface area contributed by atoms with Crippen LogP contribution in [-0.2, 0) is 28.5 Å². The van der Waals surface area contributed by atoms with E-state index in [1.54, 1.807) is 7.11 Å². The Kier molecular flexibility index (Phi) is 11.2. The molecule has 0 aromatic rings. The van der Waals surface area contributed by atoms with E-state index in [0.29, 0.717) is 13.2 Å². The van der Waals surface area contributed by atoms with E-state index in [-0.39, 0.29) is 32.2 Å². The maximum Gasteiger partial charge on any atom is 0.306 e. The summed E-state index contributed by atoms with van der Waals surface area (Å²) >= 11 is 0. The van der Waals surface area contributed by atoms with Gasteiger partial charge in [-0.2, -0.15) is 0 Å². The van der Waals surface area contributed by atoms with Gasteiger partial charge in [0.2, 0.25) is 0 Å². The summed E-state index contributed by atoms with van der Waals surface area (Å²) in [6.07, 6.45) is 0.716. The smallest absolute Gasteiger partial charge is 0.306 e. The van der Waals surface area contributed by atoms with Gasteiger partial charge in [0.1, 0.15) is 13.2 Å². The fourth-order valence-electron chi connectivity index (χ4n) is 1.25. The number of rotatable bonds is 11. The zero-order chi connectivity index (χ0) is 14.5. The Bertz CT molecular complexity index is 250. The summed E-state index contributed by atoms with van der Waals surface area (Å²) in [7, 11) is 1.57. The molecule has 6 nitrogen and oxygen atoms in total. The van der Waals surface area contributed by atoms with Crippen LogP contribution in [0.4, 0.5) is 0 Å². The quantitative estimate of drug-likeness (QED) is 0.418. The summed E-state index contributed by atoms with van der Waals surface area (Å²) < 4.78 is 19.9. The van der Waals surface area contributed by atoms with E-state index < -0.39 is 11.9 Å². The third kappa shape index (κ3) is 10.5. The second kappa shape index (κ2) is 11.9. The highest BCUT2D eigenvalue weighted by atomic mass is 16.6. The fourth-order valence-corrected chi connectivity index (χ4v) is 1.25. The van der Waals surface area contributed by atoms with E-state index in [2.05, 4.69) is 0 Å². The summed E-state index contributed by atoms with van der Waals surface area (Å²) in [4.78, 5) is 22.6. The molecule has 0 saturated carbocycles. The topological polar surface area (TPSA) is 71.1 Å². The lowest BCUT2D eigenvalue weighted by atomic mass is 10.3. The maximum atomic E-state index is 11.3. The molecule has 0 aliphatic rings.